The first kappa shape index (κ1) is 66.8. The van der Waals surface area contributed by atoms with Crippen molar-refractivity contribution in [2.45, 2.75) is 171 Å². The van der Waals surface area contributed by atoms with Crippen LogP contribution in [0.15, 0.2) is 0 Å². The first-order valence-electron chi connectivity index (χ1n) is 24.2. The molecule has 10 amide bonds. The lowest BCUT2D eigenvalue weighted by Gasteiger charge is -2.30. The van der Waals surface area contributed by atoms with E-state index in [0.29, 0.717) is 12.8 Å². The average molecular weight is 1090 g/mol. The maximum atomic E-state index is 13.7. The van der Waals surface area contributed by atoms with E-state index in [1.807, 2.05) is 0 Å². The molecule has 0 saturated carbocycles. The van der Waals surface area contributed by atoms with Gasteiger partial charge in [0.05, 0.1) is 31.3 Å². The Bertz CT molecular complexity index is 2010. The van der Waals surface area contributed by atoms with Gasteiger partial charge in [0.25, 0.3) is 0 Å². The highest BCUT2D eigenvalue weighted by Gasteiger charge is 2.40. The summed E-state index contributed by atoms with van der Waals surface area (Å²) in [6, 6.07) is -16.1. The number of carbonyl (C=O) groups is 12. The smallest absolute Gasteiger partial charge is 0.326 e. The van der Waals surface area contributed by atoms with Gasteiger partial charge in [-0.15, -0.1) is 0 Å². The SMILES string of the molecule is CC(C)C[C@H](NC(=O)[C@@H]1CCCN1C(=O)[C@@H](N)CO)C(=O)N[C@@H](CS)C(=O)N[C@H](C(=O)N[C@H](C(=O)N[C@@H](CC(N)=O)C(=O)N[C@H](C(=O)N[C@@H](CCCCN)C(=O)N[C@@H](CCC(=O)O)C(=O)O)[C@@H](C)O)[C@@H](C)O)[C@@H](C)O. The Morgan fingerprint density at radius 1 is 0.613 bits per heavy atom. The fourth-order valence-corrected chi connectivity index (χ4v) is 7.75. The number of aliphatic carboxylic acids is 2. The minimum atomic E-state index is -2.01. The average Bonchev–Trinajstić information content (AvgIpc) is 3.82. The summed E-state index contributed by atoms with van der Waals surface area (Å²) < 4.78 is 0. The molecule has 0 bridgehead atoms. The monoisotopic (exact) mass is 1090 g/mol. The second-order valence-corrected chi connectivity index (χ2v) is 18.9. The number of unbranched alkanes of at least 4 members (excludes halogenated alkanes) is 1. The summed E-state index contributed by atoms with van der Waals surface area (Å²) in [7, 11) is 0. The van der Waals surface area contributed by atoms with E-state index in [0.717, 1.165) is 20.8 Å². The first-order valence-corrected chi connectivity index (χ1v) is 24.8. The van der Waals surface area contributed by atoms with E-state index in [1.54, 1.807) is 13.8 Å². The third-order valence-electron chi connectivity index (χ3n) is 11.6. The quantitative estimate of drug-likeness (QED) is 0.0210. The van der Waals surface area contributed by atoms with Gasteiger partial charge < -0.3 is 95.3 Å². The second kappa shape index (κ2) is 32.9. The van der Waals surface area contributed by atoms with Crippen molar-refractivity contribution in [3.05, 3.63) is 0 Å². The van der Waals surface area contributed by atoms with Gasteiger partial charge in [0.15, 0.2) is 0 Å². The molecule has 0 aromatic heterocycles. The third-order valence-corrected chi connectivity index (χ3v) is 11.9. The van der Waals surface area contributed by atoms with Crippen molar-refractivity contribution < 1.29 is 88.2 Å². The lowest BCUT2D eigenvalue weighted by atomic mass is 10.0. The molecule has 20 N–H and O–H groups in total. The molecule has 0 radical (unpaired) electrons. The van der Waals surface area contributed by atoms with Crippen LogP contribution in [0.1, 0.15) is 92.4 Å². The van der Waals surface area contributed by atoms with Crippen LogP contribution in [0.2, 0.25) is 0 Å². The number of likely N-dealkylation sites (tertiary alicyclic amines) is 1. The normalized spacial score (nSPS) is 18.1. The van der Waals surface area contributed by atoms with Crippen molar-refractivity contribution in [1.82, 2.24) is 47.4 Å². The van der Waals surface area contributed by atoms with Crippen LogP contribution in [0, 0.1) is 5.92 Å². The summed E-state index contributed by atoms with van der Waals surface area (Å²) >= 11 is 4.14. The van der Waals surface area contributed by atoms with Gasteiger partial charge in [-0.25, -0.2) is 4.79 Å². The highest BCUT2D eigenvalue weighted by atomic mass is 32.1. The molecular weight excluding hydrogens is 1020 g/mol. The Hall–Kier alpha value is -6.25. The van der Waals surface area contributed by atoms with Crippen LogP contribution in [-0.2, 0) is 57.5 Å². The number of carboxylic acids is 2. The molecule has 31 heteroatoms. The van der Waals surface area contributed by atoms with E-state index in [-0.39, 0.29) is 44.7 Å². The molecular formula is C44H76N12O18S. The second-order valence-electron chi connectivity index (χ2n) is 18.5. The number of thiol groups is 1. The number of rotatable bonds is 34. The van der Waals surface area contributed by atoms with E-state index in [2.05, 4.69) is 55.2 Å². The lowest BCUT2D eigenvalue weighted by Crippen LogP contribution is -2.64. The standard InChI is InChI=1S/C44H76N12O18S/c1-19(2)15-26(50-39(68)29-10-8-14-56(29)43(72)23(46)17-57)36(65)52-28(18-75)38(67)54-34(22(5)60)42(71)55-33(21(4)59)41(70)51-27(16-30(47)61)37(66)53-32(20(3)58)40(69)48-24(9-6-7-13-45)35(64)49-25(44(73)74)11-12-31(62)63/h19-29,32-34,57-60,75H,6-18,45-46H2,1-5H3,(H2,47,61)(H,48,69)(H,49,64)(H,50,68)(H,51,70)(H,52,65)(H,53,66)(H,54,67)(H,55,71)(H,62,63)(H,73,74)/t20-,21-,22-,23+,24+,25+,26+,27+,28+,29+,32+,33+,34+/m1/s1. The fourth-order valence-electron chi connectivity index (χ4n) is 7.49. The zero-order valence-corrected chi connectivity index (χ0v) is 43.4. The Balaban J connectivity index is 3.29. The maximum Gasteiger partial charge on any atom is 0.326 e. The Morgan fingerprint density at radius 2 is 1.07 bits per heavy atom. The Kier molecular flexibility index (Phi) is 29.3. The number of aliphatic hydroxyl groups excluding tert-OH is 4. The van der Waals surface area contributed by atoms with Crippen LogP contribution in [0.4, 0.5) is 0 Å². The Morgan fingerprint density at radius 3 is 1.52 bits per heavy atom. The zero-order chi connectivity index (χ0) is 57.4. The highest BCUT2D eigenvalue weighted by Crippen LogP contribution is 2.19. The number of nitrogens with one attached hydrogen (secondary N) is 8. The molecule has 13 atom stereocenters. The molecule has 1 aliphatic rings. The zero-order valence-electron chi connectivity index (χ0n) is 42.5. The predicted molar refractivity (Wildman–Crippen MR) is 265 cm³/mol. The molecule has 0 spiro atoms. The van der Waals surface area contributed by atoms with Crippen molar-refractivity contribution >= 4 is 83.6 Å². The van der Waals surface area contributed by atoms with Crippen LogP contribution in [-0.4, -0.2) is 211 Å². The van der Waals surface area contributed by atoms with Gasteiger partial charge >= 0.3 is 11.9 Å². The number of hydrogen-bond acceptors (Lipinski definition) is 19. The largest absolute Gasteiger partial charge is 0.481 e. The number of carboxylic acid groups (broad SMARTS) is 2. The summed E-state index contributed by atoms with van der Waals surface area (Å²) in [5.74, 6) is -14.3. The lowest BCUT2D eigenvalue weighted by molar-refractivity contribution is -0.143. The van der Waals surface area contributed by atoms with Crippen molar-refractivity contribution in [3.63, 3.8) is 0 Å². The number of hydrogen-bond donors (Lipinski definition) is 18. The topological polar surface area (TPSA) is 504 Å². The molecule has 0 aliphatic carbocycles. The van der Waals surface area contributed by atoms with Gasteiger partial charge in [0, 0.05) is 18.7 Å². The molecule has 30 nitrogen and oxygen atoms in total. The van der Waals surface area contributed by atoms with Crippen molar-refractivity contribution in [2.24, 2.45) is 23.1 Å². The summed E-state index contributed by atoms with van der Waals surface area (Å²) in [5, 5.41) is 77.8. The molecule has 0 unspecified atom stereocenters. The summed E-state index contributed by atoms with van der Waals surface area (Å²) in [5.41, 5.74) is 16.6. The van der Waals surface area contributed by atoms with E-state index in [9.17, 15) is 83.1 Å². The fraction of sp³-hybridized carbons (Fsp3) is 0.727. The van der Waals surface area contributed by atoms with Gasteiger partial charge in [-0.2, -0.15) is 12.6 Å². The molecule has 426 valence electrons. The van der Waals surface area contributed by atoms with Crippen LogP contribution in [0.3, 0.4) is 0 Å². The van der Waals surface area contributed by atoms with E-state index >= 15 is 0 Å². The molecule has 1 rings (SSSR count). The minimum Gasteiger partial charge on any atom is -0.481 e. The number of nitrogens with two attached hydrogens (primary N) is 3. The van der Waals surface area contributed by atoms with E-state index in [4.69, 9.17) is 22.3 Å². The summed E-state index contributed by atoms with van der Waals surface area (Å²) in [6.45, 7) is 6.33. The Labute approximate surface area is 437 Å². The number of nitrogens with zero attached hydrogens (tertiary/aromatic N) is 1. The van der Waals surface area contributed by atoms with Gasteiger partial charge in [-0.1, -0.05) is 13.8 Å². The van der Waals surface area contributed by atoms with Crippen molar-refractivity contribution in [1.29, 1.82) is 0 Å². The van der Waals surface area contributed by atoms with Crippen LogP contribution in [0.5, 0.6) is 0 Å². The molecule has 0 aromatic rings. The van der Waals surface area contributed by atoms with Gasteiger partial charge in [-0.3, -0.25) is 52.7 Å². The maximum absolute atomic E-state index is 13.7. The van der Waals surface area contributed by atoms with Gasteiger partial charge in [0.1, 0.15) is 60.4 Å². The molecule has 1 saturated heterocycles. The summed E-state index contributed by atoms with van der Waals surface area (Å²) in [4.78, 5) is 157. The van der Waals surface area contributed by atoms with Crippen LogP contribution < -0.4 is 59.7 Å². The minimum absolute atomic E-state index is 0.0591. The summed E-state index contributed by atoms with van der Waals surface area (Å²) in [6.07, 6.45) is -6.28. The highest BCUT2D eigenvalue weighted by molar-refractivity contribution is 7.80. The van der Waals surface area contributed by atoms with E-state index in [1.165, 1.54) is 4.90 Å². The number of carbonyl (C=O) groups excluding carboxylic acids is 10. The molecule has 1 heterocycles. The van der Waals surface area contributed by atoms with Crippen molar-refractivity contribution in [2.75, 3.05) is 25.4 Å². The van der Waals surface area contributed by atoms with Gasteiger partial charge in [0.2, 0.25) is 59.1 Å². The van der Waals surface area contributed by atoms with Crippen LogP contribution in [0.25, 0.3) is 0 Å². The molecule has 1 fully saturated rings. The van der Waals surface area contributed by atoms with E-state index < -0.39 is 181 Å². The molecule has 1 aliphatic heterocycles. The van der Waals surface area contributed by atoms with Crippen LogP contribution >= 0.6 is 12.6 Å². The number of amides is 10. The molecule has 0 aromatic carbocycles. The molecule has 75 heavy (non-hydrogen) atoms. The first-order chi connectivity index (χ1) is 35.0. The van der Waals surface area contributed by atoms with Gasteiger partial charge in [-0.05, 0) is 78.2 Å². The van der Waals surface area contributed by atoms with Crippen molar-refractivity contribution in [3.8, 4) is 0 Å². The third kappa shape index (κ3) is 22.6. The predicted octanol–water partition coefficient (Wildman–Crippen LogP) is -7.75. The number of primary amides is 1. The number of aliphatic hydroxyl groups is 4.